The van der Waals surface area contributed by atoms with Crippen molar-refractivity contribution < 1.29 is 14.3 Å². The molecule has 2 N–H and O–H groups in total. The average Bonchev–Trinajstić information content (AvgIpc) is 2.85. The summed E-state index contributed by atoms with van der Waals surface area (Å²) in [7, 11) is 0. The molecule has 1 heterocycles. The number of hydrogen-bond acceptors (Lipinski definition) is 3. The number of benzene rings is 1. The van der Waals surface area contributed by atoms with Gasteiger partial charge >= 0.3 is 0 Å². The number of likely N-dealkylation sites (tertiary alicyclic amines) is 1. The second kappa shape index (κ2) is 7.21. The maximum Gasteiger partial charge on any atom is 0.217 e. The molecular weight excluding hydrogens is 271 g/mol. The quantitative estimate of drug-likeness (QED) is 0.813. The highest BCUT2D eigenvalue weighted by molar-refractivity contribution is 5.73. The summed E-state index contributed by atoms with van der Waals surface area (Å²) in [5.41, 5.74) is 1.54. The van der Waals surface area contributed by atoms with Crippen LogP contribution >= 0.6 is 0 Å². The molecule has 0 radical (unpaired) electrons. The van der Waals surface area contributed by atoms with E-state index in [0.29, 0.717) is 12.1 Å². The van der Waals surface area contributed by atoms with Crippen molar-refractivity contribution in [2.24, 2.45) is 0 Å². The van der Waals surface area contributed by atoms with Gasteiger partial charge in [-0.1, -0.05) is 17.9 Å². The minimum absolute atomic E-state index is 0.0156. The molecule has 0 spiro atoms. The van der Waals surface area contributed by atoms with Crippen molar-refractivity contribution >= 4 is 5.91 Å². The zero-order valence-corrected chi connectivity index (χ0v) is 12.0. The van der Waals surface area contributed by atoms with E-state index in [9.17, 15) is 9.18 Å². The van der Waals surface area contributed by atoms with Crippen LogP contribution in [-0.2, 0) is 11.3 Å². The van der Waals surface area contributed by atoms with Gasteiger partial charge in [-0.2, -0.15) is 0 Å². The van der Waals surface area contributed by atoms with Crippen molar-refractivity contribution in [2.75, 3.05) is 19.7 Å². The minimum Gasteiger partial charge on any atom is -0.384 e. The van der Waals surface area contributed by atoms with Crippen LogP contribution in [0.1, 0.15) is 24.5 Å². The molecule has 0 aliphatic carbocycles. The van der Waals surface area contributed by atoms with Gasteiger partial charge in [-0.05, 0) is 24.1 Å². The number of nitrogens with zero attached hydrogens (tertiary/aromatic N) is 1. The van der Waals surface area contributed by atoms with Crippen LogP contribution in [0.5, 0.6) is 0 Å². The number of nitrogens with one attached hydrogen (secondary N) is 1. The first-order valence-electron chi connectivity index (χ1n) is 6.96. The Kier molecular flexibility index (Phi) is 5.32. The Morgan fingerprint density at radius 1 is 1.57 bits per heavy atom. The van der Waals surface area contributed by atoms with E-state index in [1.807, 2.05) is 0 Å². The van der Waals surface area contributed by atoms with Crippen LogP contribution in [-0.4, -0.2) is 41.7 Å². The average molecular weight is 290 g/mol. The lowest BCUT2D eigenvalue weighted by Gasteiger charge is -2.17. The van der Waals surface area contributed by atoms with Gasteiger partial charge in [-0.15, -0.1) is 0 Å². The maximum absolute atomic E-state index is 13.3. The zero-order valence-electron chi connectivity index (χ0n) is 12.0. The number of carbonyl (C=O) groups is 1. The second-order valence-corrected chi connectivity index (χ2v) is 5.18. The predicted octanol–water partition coefficient (Wildman–Crippen LogP) is 0.880. The molecule has 0 bridgehead atoms. The Hall–Kier alpha value is -1.90. The summed E-state index contributed by atoms with van der Waals surface area (Å²) in [5, 5.41) is 11.7. The number of amides is 1. The van der Waals surface area contributed by atoms with Crippen LogP contribution in [0.15, 0.2) is 18.2 Å². The van der Waals surface area contributed by atoms with Crippen molar-refractivity contribution in [3.63, 3.8) is 0 Å². The highest BCUT2D eigenvalue weighted by atomic mass is 19.1. The third-order valence-electron chi connectivity index (χ3n) is 3.45. The van der Waals surface area contributed by atoms with Crippen molar-refractivity contribution in [1.82, 2.24) is 10.2 Å². The lowest BCUT2D eigenvalue weighted by molar-refractivity contribution is -0.119. The molecule has 112 valence electrons. The summed E-state index contributed by atoms with van der Waals surface area (Å²) >= 11 is 0. The van der Waals surface area contributed by atoms with Crippen LogP contribution in [0.4, 0.5) is 4.39 Å². The van der Waals surface area contributed by atoms with Gasteiger partial charge in [0.05, 0.1) is 0 Å². The van der Waals surface area contributed by atoms with Gasteiger partial charge in [0.2, 0.25) is 5.91 Å². The molecule has 1 aromatic rings. The van der Waals surface area contributed by atoms with E-state index in [4.69, 9.17) is 5.11 Å². The summed E-state index contributed by atoms with van der Waals surface area (Å²) in [4.78, 5) is 13.3. The zero-order chi connectivity index (χ0) is 15.2. The topological polar surface area (TPSA) is 52.6 Å². The van der Waals surface area contributed by atoms with Crippen LogP contribution in [0.2, 0.25) is 0 Å². The Bertz CT molecular complexity index is 577. The molecule has 1 aromatic carbocycles. The first-order valence-corrected chi connectivity index (χ1v) is 6.96. The summed E-state index contributed by atoms with van der Waals surface area (Å²) in [6.07, 6.45) is 0.915. The Morgan fingerprint density at radius 3 is 3.10 bits per heavy atom. The molecule has 0 aromatic heterocycles. The van der Waals surface area contributed by atoms with Gasteiger partial charge in [0.25, 0.3) is 0 Å². The van der Waals surface area contributed by atoms with Crippen molar-refractivity contribution in [1.29, 1.82) is 0 Å². The van der Waals surface area contributed by atoms with Gasteiger partial charge in [0.1, 0.15) is 12.4 Å². The lowest BCUT2D eigenvalue weighted by atomic mass is 10.1. The number of halogens is 1. The van der Waals surface area contributed by atoms with Gasteiger partial charge in [0, 0.05) is 38.2 Å². The van der Waals surface area contributed by atoms with E-state index in [1.54, 1.807) is 6.07 Å². The smallest absolute Gasteiger partial charge is 0.217 e. The minimum atomic E-state index is -0.335. The van der Waals surface area contributed by atoms with Gasteiger partial charge in [-0.25, -0.2) is 4.39 Å². The van der Waals surface area contributed by atoms with E-state index in [-0.39, 0.29) is 24.4 Å². The first-order chi connectivity index (χ1) is 10.1. The summed E-state index contributed by atoms with van der Waals surface area (Å²) in [6.45, 7) is 3.60. The number of aliphatic hydroxyl groups excluding tert-OH is 1. The highest BCUT2D eigenvalue weighted by Crippen LogP contribution is 2.17. The van der Waals surface area contributed by atoms with Crippen molar-refractivity contribution in [3.8, 4) is 11.8 Å². The Morgan fingerprint density at radius 2 is 2.38 bits per heavy atom. The van der Waals surface area contributed by atoms with E-state index >= 15 is 0 Å². The van der Waals surface area contributed by atoms with Crippen LogP contribution in [0.25, 0.3) is 0 Å². The molecule has 1 unspecified atom stereocenters. The molecule has 21 heavy (non-hydrogen) atoms. The fourth-order valence-corrected chi connectivity index (χ4v) is 2.56. The molecule has 1 fully saturated rings. The molecule has 5 heteroatoms. The number of carbonyl (C=O) groups excluding carboxylic acids is 1. The predicted molar refractivity (Wildman–Crippen MR) is 77.9 cm³/mol. The third-order valence-corrected chi connectivity index (χ3v) is 3.45. The standard InChI is InChI=1S/C16H19FN2O2/c1-12(21)18-16-6-7-19(11-16)10-14-4-5-15(17)9-13(14)3-2-8-20/h4-5,9,16,20H,6-8,10-11H2,1H3,(H,18,21). The van der Waals surface area contributed by atoms with Crippen LogP contribution in [0, 0.1) is 17.7 Å². The van der Waals surface area contributed by atoms with E-state index in [2.05, 4.69) is 22.1 Å². The van der Waals surface area contributed by atoms with Gasteiger partial charge < -0.3 is 10.4 Å². The van der Waals surface area contributed by atoms with Gasteiger partial charge in [-0.3, -0.25) is 9.69 Å². The first kappa shape index (κ1) is 15.5. The molecule has 2 rings (SSSR count). The van der Waals surface area contributed by atoms with E-state index in [1.165, 1.54) is 19.1 Å². The number of aliphatic hydroxyl groups is 1. The molecule has 1 aliphatic heterocycles. The lowest BCUT2D eigenvalue weighted by Crippen LogP contribution is -2.35. The Labute approximate surface area is 124 Å². The second-order valence-electron chi connectivity index (χ2n) is 5.18. The maximum atomic E-state index is 13.3. The van der Waals surface area contributed by atoms with Crippen LogP contribution < -0.4 is 5.32 Å². The van der Waals surface area contributed by atoms with E-state index in [0.717, 1.165) is 25.1 Å². The third kappa shape index (κ3) is 4.55. The molecule has 1 atom stereocenters. The number of hydrogen-bond donors (Lipinski definition) is 2. The normalized spacial score (nSPS) is 18.1. The molecule has 1 aliphatic rings. The summed E-state index contributed by atoms with van der Waals surface area (Å²) in [5.74, 6) is 4.99. The number of rotatable bonds is 3. The fourth-order valence-electron chi connectivity index (χ4n) is 2.56. The summed E-state index contributed by atoms with van der Waals surface area (Å²) < 4.78 is 13.3. The molecular formula is C16H19FN2O2. The SMILES string of the molecule is CC(=O)NC1CCN(Cc2ccc(F)cc2C#CCO)C1. The molecule has 4 nitrogen and oxygen atoms in total. The highest BCUT2D eigenvalue weighted by Gasteiger charge is 2.23. The Balaban J connectivity index is 2.05. The molecule has 1 amide bonds. The van der Waals surface area contributed by atoms with Gasteiger partial charge in [0.15, 0.2) is 0 Å². The van der Waals surface area contributed by atoms with Crippen LogP contribution in [0.3, 0.4) is 0 Å². The molecule has 1 saturated heterocycles. The van der Waals surface area contributed by atoms with E-state index < -0.39 is 0 Å². The summed E-state index contributed by atoms with van der Waals surface area (Å²) in [6, 6.07) is 4.71. The van der Waals surface area contributed by atoms with Crippen molar-refractivity contribution in [2.45, 2.75) is 25.9 Å². The van der Waals surface area contributed by atoms with Crippen molar-refractivity contribution in [3.05, 3.63) is 35.1 Å². The largest absolute Gasteiger partial charge is 0.384 e. The molecule has 0 saturated carbocycles. The monoisotopic (exact) mass is 290 g/mol. The fraction of sp³-hybridized carbons (Fsp3) is 0.438.